The van der Waals surface area contributed by atoms with Gasteiger partial charge in [-0.15, -0.1) is 0 Å². The predicted octanol–water partition coefficient (Wildman–Crippen LogP) is 4.51. The van der Waals surface area contributed by atoms with E-state index in [2.05, 4.69) is 31.9 Å². The van der Waals surface area contributed by atoms with Crippen molar-refractivity contribution in [2.45, 2.75) is 6.61 Å². The summed E-state index contributed by atoms with van der Waals surface area (Å²) in [7, 11) is 0. The van der Waals surface area contributed by atoms with Crippen molar-refractivity contribution < 1.29 is 9.13 Å². The third-order valence-corrected chi connectivity index (χ3v) is 3.50. The van der Waals surface area contributed by atoms with Crippen LogP contribution in [0.5, 0.6) is 5.75 Å². The fourth-order valence-electron chi connectivity index (χ4n) is 1.45. The molecule has 94 valence electrons. The van der Waals surface area contributed by atoms with E-state index in [0.29, 0.717) is 22.5 Å². The minimum absolute atomic E-state index is 0.308. The summed E-state index contributed by atoms with van der Waals surface area (Å²) < 4.78 is 20.0. The van der Waals surface area contributed by atoms with Gasteiger partial charge in [-0.3, -0.25) is 0 Å². The lowest BCUT2D eigenvalue weighted by molar-refractivity contribution is 0.304. The normalized spacial score (nSPS) is 10.4. The first-order valence-corrected chi connectivity index (χ1v) is 6.76. The molecule has 0 saturated carbocycles. The second kappa shape index (κ2) is 5.71. The van der Waals surface area contributed by atoms with Crippen LogP contribution in [0.1, 0.15) is 5.56 Å². The first-order chi connectivity index (χ1) is 8.56. The van der Waals surface area contributed by atoms with E-state index >= 15 is 0 Å². The Morgan fingerprint density at radius 2 is 1.89 bits per heavy atom. The number of hydrogen-bond acceptors (Lipinski definition) is 2. The third-order valence-electron chi connectivity index (χ3n) is 2.39. The van der Waals surface area contributed by atoms with E-state index in [-0.39, 0.29) is 5.82 Å². The summed E-state index contributed by atoms with van der Waals surface area (Å²) in [5, 5.41) is 0. The molecule has 5 heteroatoms. The van der Waals surface area contributed by atoms with Gasteiger partial charge < -0.3 is 10.5 Å². The zero-order valence-electron chi connectivity index (χ0n) is 9.29. The Labute approximate surface area is 121 Å². The molecule has 0 unspecified atom stereocenters. The first-order valence-electron chi connectivity index (χ1n) is 5.18. The van der Waals surface area contributed by atoms with Crippen LogP contribution in [0, 0.1) is 5.82 Å². The minimum atomic E-state index is -0.308. The molecule has 18 heavy (non-hydrogen) atoms. The number of halogens is 3. The number of hydrogen-bond donors (Lipinski definition) is 1. The standard InChI is InChI=1S/C13H10Br2FNO/c14-9-2-1-8(12(17)5-9)7-18-13-4-3-10(16)6-11(13)15/h1-6H,7,17H2. The molecular weight excluding hydrogens is 365 g/mol. The van der Waals surface area contributed by atoms with Crippen molar-refractivity contribution in [2.24, 2.45) is 0 Å². The van der Waals surface area contributed by atoms with Gasteiger partial charge in [0.2, 0.25) is 0 Å². The van der Waals surface area contributed by atoms with Crippen LogP contribution in [0.3, 0.4) is 0 Å². The summed E-state index contributed by atoms with van der Waals surface area (Å²) >= 11 is 6.59. The maximum atomic E-state index is 12.9. The Hall–Kier alpha value is -1.07. The highest BCUT2D eigenvalue weighted by Crippen LogP contribution is 2.27. The van der Waals surface area contributed by atoms with Crippen molar-refractivity contribution in [3.63, 3.8) is 0 Å². The van der Waals surface area contributed by atoms with Crippen molar-refractivity contribution in [1.29, 1.82) is 0 Å². The van der Waals surface area contributed by atoms with Gasteiger partial charge in [0.1, 0.15) is 18.2 Å². The number of benzene rings is 2. The highest BCUT2D eigenvalue weighted by Gasteiger charge is 2.05. The maximum Gasteiger partial charge on any atom is 0.134 e. The summed E-state index contributed by atoms with van der Waals surface area (Å²) in [6.45, 7) is 0.337. The number of rotatable bonds is 3. The molecule has 0 heterocycles. The molecule has 0 atom stereocenters. The Morgan fingerprint density at radius 1 is 1.11 bits per heavy atom. The van der Waals surface area contributed by atoms with E-state index in [4.69, 9.17) is 10.5 Å². The largest absolute Gasteiger partial charge is 0.488 e. The number of ether oxygens (including phenoxy) is 1. The molecule has 0 fully saturated rings. The molecule has 0 aromatic heterocycles. The highest BCUT2D eigenvalue weighted by molar-refractivity contribution is 9.10. The van der Waals surface area contributed by atoms with Gasteiger partial charge in [0.25, 0.3) is 0 Å². The van der Waals surface area contributed by atoms with Gasteiger partial charge >= 0.3 is 0 Å². The minimum Gasteiger partial charge on any atom is -0.488 e. The molecule has 2 N–H and O–H groups in total. The molecule has 0 radical (unpaired) electrons. The van der Waals surface area contributed by atoms with E-state index in [0.717, 1.165) is 10.0 Å². The van der Waals surface area contributed by atoms with Crippen LogP contribution >= 0.6 is 31.9 Å². The zero-order chi connectivity index (χ0) is 13.1. The molecule has 2 nitrogen and oxygen atoms in total. The monoisotopic (exact) mass is 373 g/mol. The van der Waals surface area contributed by atoms with Crippen LogP contribution in [0.2, 0.25) is 0 Å². The summed E-state index contributed by atoms with van der Waals surface area (Å²) in [6, 6.07) is 9.89. The lowest BCUT2D eigenvalue weighted by Crippen LogP contribution is -2.00. The predicted molar refractivity (Wildman–Crippen MR) is 77.0 cm³/mol. The summed E-state index contributed by atoms with van der Waals surface area (Å²) in [5.41, 5.74) is 7.40. The van der Waals surface area contributed by atoms with Crippen molar-refractivity contribution in [3.05, 3.63) is 56.7 Å². The van der Waals surface area contributed by atoms with Crippen LogP contribution in [-0.4, -0.2) is 0 Å². The Kier molecular flexibility index (Phi) is 4.24. The molecule has 0 bridgehead atoms. The van der Waals surface area contributed by atoms with Crippen molar-refractivity contribution >= 4 is 37.5 Å². The topological polar surface area (TPSA) is 35.2 Å². The molecule has 0 aliphatic heterocycles. The zero-order valence-corrected chi connectivity index (χ0v) is 12.5. The molecule has 0 saturated heterocycles. The van der Waals surface area contributed by atoms with Crippen molar-refractivity contribution in [3.8, 4) is 5.75 Å². The quantitative estimate of drug-likeness (QED) is 0.802. The van der Waals surface area contributed by atoms with Gasteiger partial charge in [0.15, 0.2) is 0 Å². The first kappa shape index (κ1) is 13.4. The molecule has 0 spiro atoms. The van der Waals surface area contributed by atoms with Gasteiger partial charge in [-0.25, -0.2) is 4.39 Å². The van der Waals surface area contributed by atoms with Crippen molar-refractivity contribution in [1.82, 2.24) is 0 Å². The fraction of sp³-hybridized carbons (Fsp3) is 0.0769. The second-order valence-electron chi connectivity index (χ2n) is 3.71. The van der Waals surface area contributed by atoms with E-state index in [1.54, 1.807) is 6.07 Å². The Bertz CT molecular complexity index is 523. The van der Waals surface area contributed by atoms with Crippen LogP contribution < -0.4 is 10.5 Å². The average molecular weight is 375 g/mol. The van der Waals surface area contributed by atoms with Crippen LogP contribution in [0.15, 0.2) is 45.3 Å². The molecule has 2 aromatic carbocycles. The molecule has 2 rings (SSSR count). The van der Waals surface area contributed by atoms with Crippen LogP contribution in [0.4, 0.5) is 10.1 Å². The molecule has 0 aliphatic carbocycles. The van der Waals surface area contributed by atoms with Crippen molar-refractivity contribution in [2.75, 3.05) is 5.73 Å². The number of anilines is 1. The molecule has 0 amide bonds. The molecular formula is C13H10Br2FNO. The van der Waals surface area contributed by atoms with E-state index in [1.165, 1.54) is 12.1 Å². The van der Waals surface area contributed by atoms with E-state index < -0.39 is 0 Å². The van der Waals surface area contributed by atoms with Gasteiger partial charge in [-0.2, -0.15) is 0 Å². The summed E-state index contributed by atoms with van der Waals surface area (Å²) in [5.74, 6) is 0.274. The van der Waals surface area contributed by atoms with E-state index in [1.807, 2.05) is 18.2 Å². The summed E-state index contributed by atoms with van der Waals surface area (Å²) in [6.07, 6.45) is 0. The average Bonchev–Trinajstić information content (AvgIpc) is 2.30. The van der Waals surface area contributed by atoms with Gasteiger partial charge in [-0.05, 0) is 46.3 Å². The van der Waals surface area contributed by atoms with Gasteiger partial charge in [0, 0.05) is 15.7 Å². The Morgan fingerprint density at radius 3 is 2.56 bits per heavy atom. The molecule has 2 aromatic rings. The fourth-order valence-corrected chi connectivity index (χ4v) is 2.29. The third kappa shape index (κ3) is 3.23. The summed E-state index contributed by atoms with van der Waals surface area (Å²) in [4.78, 5) is 0. The maximum absolute atomic E-state index is 12.9. The highest BCUT2D eigenvalue weighted by atomic mass is 79.9. The van der Waals surface area contributed by atoms with E-state index in [9.17, 15) is 4.39 Å². The SMILES string of the molecule is Nc1cc(Br)ccc1COc1ccc(F)cc1Br. The lowest BCUT2D eigenvalue weighted by atomic mass is 10.2. The number of nitrogen functional groups attached to an aromatic ring is 1. The smallest absolute Gasteiger partial charge is 0.134 e. The second-order valence-corrected chi connectivity index (χ2v) is 5.48. The molecule has 0 aliphatic rings. The lowest BCUT2D eigenvalue weighted by Gasteiger charge is -2.10. The van der Waals surface area contributed by atoms with Gasteiger partial charge in [0.05, 0.1) is 4.47 Å². The Balaban J connectivity index is 2.11. The van der Waals surface area contributed by atoms with Crippen LogP contribution in [-0.2, 0) is 6.61 Å². The van der Waals surface area contributed by atoms with Gasteiger partial charge in [-0.1, -0.05) is 22.0 Å². The van der Waals surface area contributed by atoms with Crippen LogP contribution in [0.25, 0.3) is 0 Å². The number of nitrogens with two attached hydrogens (primary N) is 1.